The van der Waals surface area contributed by atoms with Crippen LogP contribution in [0.3, 0.4) is 0 Å². The number of rotatable bonds is 2. The van der Waals surface area contributed by atoms with Gasteiger partial charge in [-0.2, -0.15) is 0 Å². The van der Waals surface area contributed by atoms with E-state index in [2.05, 4.69) is 10.3 Å². The van der Waals surface area contributed by atoms with Crippen molar-refractivity contribution in [3.05, 3.63) is 36.0 Å². The van der Waals surface area contributed by atoms with Crippen LogP contribution in [0.2, 0.25) is 0 Å². The maximum Gasteiger partial charge on any atom is 0.339 e. The fourth-order valence-electron chi connectivity index (χ4n) is 2.68. The number of benzene rings is 1. The zero-order chi connectivity index (χ0) is 15.0. The third-order valence-electron chi connectivity index (χ3n) is 3.76. The van der Waals surface area contributed by atoms with Crippen LogP contribution in [-0.4, -0.2) is 41.1 Å². The standard InChI is InChI=1S/C15H15N3O3/c1-9-14(19)16-6-7-18(9)13-10-4-2-3-5-12(10)17-8-11(13)15(20)21/h2-5,8-9H,6-7H2,1H3,(H,16,19)(H,20,21). The third kappa shape index (κ3) is 2.18. The Hall–Kier alpha value is -2.63. The highest BCUT2D eigenvalue weighted by atomic mass is 16.4. The second-order valence-electron chi connectivity index (χ2n) is 5.00. The Morgan fingerprint density at radius 2 is 2.19 bits per heavy atom. The lowest BCUT2D eigenvalue weighted by atomic mass is 10.0. The molecule has 1 aromatic carbocycles. The molecule has 1 atom stereocenters. The molecule has 0 bridgehead atoms. The summed E-state index contributed by atoms with van der Waals surface area (Å²) in [6.07, 6.45) is 1.36. The van der Waals surface area contributed by atoms with Gasteiger partial charge in [-0.1, -0.05) is 18.2 Å². The summed E-state index contributed by atoms with van der Waals surface area (Å²) in [5.74, 6) is -1.14. The molecule has 1 saturated heterocycles. The minimum atomic E-state index is -1.04. The van der Waals surface area contributed by atoms with Gasteiger partial charge in [0.1, 0.15) is 11.6 Å². The fourth-order valence-corrected chi connectivity index (χ4v) is 2.68. The summed E-state index contributed by atoms with van der Waals surface area (Å²) in [5, 5.41) is 13.0. The van der Waals surface area contributed by atoms with Crippen molar-refractivity contribution < 1.29 is 14.7 Å². The zero-order valence-electron chi connectivity index (χ0n) is 11.5. The number of fused-ring (bicyclic) bond motifs is 1. The monoisotopic (exact) mass is 285 g/mol. The van der Waals surface area contributed by atoms with Crippen LogP contribution in [0.1, 0.15) is 17.3 Å². The maximum absolute atomic E-state index is 11.9. The van der Waals surface area contributed by atoms with Crippen LogP contribution in [0.4, 0.5) is 5.69 Å². The molecule has 2 heterocycles. The fraction of sp³-hybridized carbons (Fsp3) is 0.267. The van der Waals surface area contributed by atoms with Gasteiger partial charge in [0, 0.05) is 24.7 Å². The van der Waals surface area contributed by atoms with Gasteiger partial charge in [0.15, 0.2) is 0 Å². The van der Waals surface area contributed by atoms with Crippen molar-refractivity contribution in [1.29, 1.82) is 0 Å². The normalized spacial score (nSPS) is 18.6. The van der Waals surface area contributed by atoms with E-state index in [1.165, 1.54) is 6.20 Å². The molecule has 6 heteroatoms. The van der Waals surface area contributed by atoms with Crippen molar-refractivity contribution in [3.63, 3.8) is 0 Å². The van der Waals surface area contributed by atoms with Crippen LogP contribution in [0.15, 0.2) is 30.5 Å². The number of amides is 1. The molecule has 0 radical (unpaired) electrons. The number of hydrogen-bond acceptors (Lipinski definition) is 4. The summed E-state index contributed by atoms with van der Waals surface area (Å²) in [5.41, 5.74) is 1.40. The van der Waals surface area contributed by atoms with Gasteiger partial charge < -0.3 is 15.3 Å². The predicted molar refractivity (Wildman–Crippen MR) is 78.5 cm³/mol. The average Bonchev–Trinajstić information content (AvgIpc) is 2.49. The number of carbonyl (C=O) groups is 2. The Balaban J connectivity index is 2.25. The molecule has 1 unspecified atom stereocenters. The summed E-state index contributed by atoms with van der Waals surface area (Å²) < 4.78 is 0. The van der Waals surface area contributed by atoms with Crippen LogP contribution in [-0.2, 0) is 4.79 Å². The number of piperazine rings is 1. The number of para-hydroxylation sites is 1. The van der Waals surface area contributed by atoms with E-state index >= 15 is 0 Å². The molecule has 2 N–H and O–H groups in total. The van der Waals surface area contributed by atoms with Crippen molar-refractivity contribution in [3.8, 4) is 0 Å². The van der Waals surface area contributed by atoms with Gasteiger partial charge in [-0.3, -0.25) is 9.78 Å². The first kappa shape index (κ1) is 13.4. The van der Waals surface area contributed by atoms with Crippen molar-refractivity contribution in [2.24, 2.45) is 0 Å². The number of carboxylic acids is 1. The topological polar surface area (TPSA) is 82.5 Å². The largest absolute Gasteiger partial charge is 0.478 e. The second kappa shape index (κ2) is 5.05. The van der Waals surface area contributed by atoms with Gasteiger partial charge in [0.2, 0.25) is 5.91 Å². The molecule has 0 aliphatic carbocycles. The predicted octanol–water partition coefficient (Wildman–Crippen LogP) is 1.26. The van der Waals surface area contributed by atoms with E-state index in [9.17, 15) is 14.7 Å². The Bertz CT molecular complexity index is 729. The number of hydrogen-bond donors (Lipinski definition) is 2. The number of carbonyl (C=O) groups excluding carboxylic acids is 1. The molecule has 2 aromatic rings. The first-order chi connectivity index (χ1) is 10.1. The summed E-state index contributed by atoms with van der Waals surface area (Å²) in [6, 6.07) is 6.95. The van der Waals surface area contributed by atoms with Crippen molar-refractivity contribution in [1.82, 2.24) is 10.3 Å². The number of anilines is 1. The van der Waals surface area contributed by atoms with E-state index in [-0.39, 0.29) is 11.5 Å². The van der Waals surface area contributed by atoms with Gasteiger partial charge in [-0.05, 0) is 13.0 Å². The summed E-state index contributed by atoms with van der Waals surface area (Å²) in [7, 11) is 0. The van der Waals surface area contributed by atoms with Gasteiger partial charge in [-0.15, -0.1) is 0 Å². The van der Waals surface area contributed by atoms with E-state index in [1.54, 1.807) is 6.92 Å². The SMILES string of the molecule is CC1C(=O)NCCN1c1c(C(=O)O)cnc2ccccc12. The summed E-state index contributed by atoms with van der Waals surface area (Å²) >= 11 is 0. The molecule has 3 rings (SSSR count). The van der Waals surface area contributed by atoms with Crippen LogP contribution >= 0.6 is 0 Å². The lowest BCUT2D eigenvalue weighted by Crippen LogP contribution is -2.54. The Morgan fingerprint density at radius 1 is 1.43 bits per heavy atom. The van der Waals surface area contributed by atoms with E-state index < -0.39 is 12.0 Å². The van der Waals surface area contributed by atoms with Gasteiger partial charge in [0.25, 0.3) is 0 Å². The number of nitrogens with zero attached hydrogens (tertiary/aromatic N) is 2. The third-order valence-corrected chi connectivity index (χ3v) is 3.76. The second-order valence-corrected chi connectivity index (χ2v) is 5.00. The number of nitrogens with one attached hydrogen (secondary N) is 1. The van der Waals surface area contributed by atoms with E-state index in [4.69, 9.17) is 0 Å². The quantitative estimate of drug-likeness (QED) is 0.868. The highest BCUT2D eigenvalue weighted by Gasteiger charge is 2.30. The van der Waals surface area contributed by atoms with Gasteiger partial charge in [-0.25, -0.2) is 4.79 Å². The van der Waals surface area contributed by atoms with Crippen LogP contribution in [0, 0.1) is 0 Å². The molecule has 1 aliphatic rings. The first-order valence-electron chi connectivity index (χ1n) is 6.75. The molecule has 0 saturated carbocycles. The van der Waals surface area contributed by atoms with Crippen molar-refractivity contribution >= 4 is 28.5 Å². The van der Waals surface area contributed by atoms with Crippen molar-refractivity contribution in [2.75, 3.05) is 18.0 Å². The average molecular weight is 285 g/mol. The molecule has 1 amide bonds. The van der Waals surface area contributed by atoms with Gasteiger partial charge in [0.05, 0.1) is 11.2 Å². The highest BCUT2D eigenvalue weighted by molar-refractivity contribution is 6.06. The Kier molecular flexibility index (Phi) is 3.21. The number of carboxylic acid groups (broad SMARTS) is 1. The molecular weight excluding hydrogens is 270 g/mol. The van der Waals surface area contributed by atoms with E-state index in [0.717, 1.165) is 10.9 Å². The lowest BCUT2D eigenvalue weighted by molar-refractivity contribution is -0.122. The smallest absolute Gasteiger partial charge is 0.339 e. The molecular formula is C15H15N3O3. The highest BCUT2D eigenvalue weighted by Crippen LogP contribution is 2.31. The number of aromatic nitrogens is 1. The van der Waals surface area contributed by atoms with Crippen molar-refractivity contribution in [2.45, 2.75) is 13.0 Å². The molecule has 0 spiro atoms. The van der Waals surface area contributed by atoms with Crippen LogP contribution in [0.25, 0.3) is 10.9 Å². The van der Waals surface area contributed by atoms with E-state index in [0.29, 0.717) is 18.8 Å². The molecule has 108 valence electrons. The molecule has 1 aliphatic heterocycles. The molecule has 1 aromatic heterocycles. The van der Waals surface area contributed by atoms with E-state index in [1.807, 2.05) is 29.2 Å². The maximum atomic E-state index is 11.9. The molecule has 6 nitrogen and oxygen atoms in total. The number of pyridine rings is 1. The Labute approximate surface area is 121 Å². The number of aromatic carboxylic acids is 1. The van der Waals surface area contributed by atoms with Gasteiger partial charge >= 0.3 is 5.97 Å². The minimum absolute atomic E-state index is 0.0986. The molecule has 21 heavy (non-hydrogen) atoms. The minimum Gasteiger partial charge on any atom is -0.478 e. The molecule has 1 fully saturated rings. The van der Waals surface area contributed by atoms with Crippen LogP contribution < -0.4 is 10.2 Å². The lowest BCUT2D eigenvalue weighted by Gasteiger charge is -2.36. The van der Waals surface area contributed by atoms with Crippen LogP contribution in [0.5, 0.6) is 0 Å². The Morgan fingerprint density at radius 3 is 2.95 bits per heavy atom. The summed E-state index contributed by atoms with van der Waals surface area (Å²) in [4.78, 5) is 29.4. The zero-order valence-corrected chi connectivity index (χ0v) is 11.5. The summed E-state index contributed by atoms with van der Waals surface area (Å²) in [6.45, 7) is 2.84. The first-order valence-corrected chi connectivity index (χ1v) is 6.75.